The molecular weight excluding hydrogens is 228 g/mol. The van der Waals surface area contributed by atoms with E-state index >= 15 is 0 Å². The summed E-state index contributed by atoms with van der Waals surface area (Å²) in [6.45, 7) is 12.1. The van der Waals surface area contributed by atoms with E-state index in [9.17, 15) is 0 Å². The van der Waals surface area contributed by atoms with E-state index in [-0.39, 0.29) is 11.5 Å². The van der Waals surface area contributed by atoms with Gasteiger partial charge in [-0.2, -0.15) is 0 Å². The minimum Gasteiger partial charge on any atom is -0.381 e. The molecule has 0 spiro atoms. The number of nitrogens with one attached hydrogen (secondary N) is 1. The van der Waals surface area contributed by atoms with Gasteiger partial charge in [-0.1, -0.05) is 20.8 Å². The Hall–Kier alpha value is -0.940. The fourth-order valence-electron chi connectivity index (χ4n) is 2.40. The number of ether oxygens (including phenoxy) is 1. The van der Waals surface area contributed by atoms with Gasteiger partial charge in [0.25, 0.3) is 0 Å². The van der Waals surface area contributed by atoms with Gasteiger partial charge in [-0.15, -0.1) is 10.2 Å². The van der Waals surface area contributed by atoms with Gasteiger partial charge in [0.2, 0.25) is 0 Å². The van der Waals surface area contributed by atoms with Crippen molar-refractivity contribution in [2.45, 2.75) is 46.7 Å². The average Bonchev–Trinajstić information content (AvgIpc) is 2.71. The van der Waals surface area contributed by atoms with Crippen LogP contribution in [0.3, 0.4) is 0 Å². The molecule has 1 aliphatic rings. The lowest BCUT2D eigenvalue weighted by atomic mass is 9.85. The molecular formula is C13H24N4O. The summed E-state index contributed by atoms with van der Waals surface area (Å²) in [5, 5.41) is 12.2. The largest absolute Gasteiger partial charge is 0.381 e. The molecule has 1 aliphatic heterocycles. The van der Waals surface area contributed by atoms with E-state index in [0.29, 0.717) is 0 Å². The third-order valence-electron chi connectivity index (χ3n) is 3.34. The first-order valence-electron chi connectivity index (χ1n) is 6.77. The van der Waals surface area contributed by atoms with Crippen LogP contribution in [0.15, 0.2) is 0 Å². The molecule has 0 fully saturated rings. The number of rotatable bonds is 4. The zero-order valence-electron chi connectivity index (χ0n) is 11.9. The van der Waals surface area contributed by atoms with E-state index in [2.05, 4.69) is 40.9 Å². The standard InChI is InChI=1S/C13H24N4O/c1-5-18-9-6-10-15-16-12-11(13(2,3)4)14-7-8-17(10)12/h11,14H,5-9H2,1-4H3. The molecule has 1 atom stereocenters. The third kappa shape index (κ3) is 2.72. The molecule has 0 aliphatic carbocycles. The van der Waals surface area contributed by atoms with Crippen LogP contribution in [-0.4, -0.2) is 34.5 Å². The highest BCUT2D eigenvalue weighted by molar-refractivity contribution is 5.08. The molecule has 0 amide bonds. The smallest absolute Gasteiger partial charge is 0.150 e. The van der Waals surface area contributed by atoms with Gasteiger partial charge in [0, 0.05) is 26.1 Å². The lowest BCUT2D eigenvalue weighted by Crippen LogP contribution is -2.41. The second-order valence-electron chi connectivity index (χ2n) is 5.83. The van der Waals surface area contributed by atoms with Crippen molar-refractivity contribution in [2.24, 2.45) is 5.41 Å². The molecule has 5 nitrogen and oxygen atoms in total. The van der Waals surface area contributed by atoms with Crippen molar-refractivity contribution >= 4 is 0 Å². The van der Waals surface area contributed by atoms with Crippen molar-refractivity contribution in [1.82, 2.24) is 20.1 Å². The van der Waals surface area contributed by atoms with Gasteiger partial charge in [0.15, 0.2) is 5.82 Å². The summed E-state index contributed by atoms with van der Waals surface area (Å²) in [5.74, 6) is 2.12. The summed E-state index contributed by atoms with van der Waals surface area (Å²) in [4.78, 5) is 0. The Kier molecular flexibility index (Phi) is 4.02. The fourth-order valence-corrected chi connectivity index (χ4v) is 2.40. The third-order valence-corrected chi connectivity index (χ3v) is 3.34. The Balaban J connectivity index is 2.16. The van der Waals surface area contributed by atoms with Crippen molar-refractivity contribution in [2.75, 3.05) is 19.8 Å². The van der Waals surface area contributed by atoms with Gasteiger partial charge < -0.3 is 14.6 Å². The molecule has 0 saturated carbocycles. The van der Waals surface area contributed by atoms with Crippen molar-refractivity contribution in [3.63, 3.8) is 0 Å². The molecule has 0 aromatic carbocycles. The highest BCUT2D eigenvalue weighted by Crippen LogP contribution is 2.33. The van der Waals surface area contributed by atoms with Crippen LogP contribution in [-0.2, 0) is 17.7 Å². The summed E-state index contributed by atoms with van der Waals surface area (Å²) in [7, 11) is 0. The van der Waals surface area contributed by atoms with E-state index in [1.807, 2.05) is 6.92 Å². The van der Waals surface area contributed by atoms with Crippen molar-refractivity contribution < 1.29 is 4.74 Å². The zero-order chi connectivity index (χ0) is 13.2. The van der Waals surface area contributed by atoms with Gasteiger partial charge in [0.1, 0.15) is 5.82 Å². The molecule has 0 saturated heterocycles. The molecule has 5 heteroatoms. The Labute approximate surface area is 109 Å². The van der Waals surface area contributed by atoms with Crippen LogP contribution in [0.25, 0.3) is 0 Å². The fraction of sp³-hybridized carbons (Fsp3) is 0.846. The Morgan fingerprint density at radius 3 is 2.83 bits per heavy atom. The molecule has 1 aromatic heterocycles. The number of hydrogen-bond acceptors (Lipinski definition) is 4. The normalized spacial score (nSPS) is 19.9. The van der Waals surface area contributed by atoms with E-state index in [4.69, 9.17) is 4.74 Å². The van der Waals surface area contributed by atoms with E-state index in [1.54, 1.807) is 0 Å². The minimum atomic E-state index is 0.155. The van der Waals surface area contributed by atoms with Crippen molar-refractivity contribution in [1.29, 1.82) is 0 Å². The first-order valence-corrected chi connectivity index (χ1v) is 6.77. The quantitative estimate of drug-likeness (QED) is 0.826. The summed E-state index contributed by atoms with van der Waals surface area (Å²) in [6, 6.07) is 0.277. The first kappa shape index (κ1) is 13.5. The Morgan fingerprint density at radius 1 is 1.39 bits per heavy atom. The summed E-state index contributed by atoms with van der Waals surface area (Å²) >= 11 is 0. The zero-order valence-corrected chi connectivity index (χ0v) is 11.9. The lowest BCUT2D eigenvalue weighted by Gasteiger charge is -2.34. The molecule has 0 radical (unpaired) electrons. The number of fused-ring (bicyclic) bond motifs is 1. The van der Waals surface area contributed by atoms with Crippen LogP contribution < -0.4 is 5.32 Å². The molecule has 1 N–H and O–H groups in total. The maximum Gasteiger partial charge on any atom is 0.150 e. The summed E-state index contributed by atoms with van der Waals surface area (Å²) < 4.78 is 7.65. The Bertz CT molecular complexity index is 394. The van der Waals surface area contributed by atoms with Crippen LogP contribution >= 0.6 is 0 Å². The first-order chi connectivity index (χ1) is 8.54. The number of aromatic nitrogens is 3. The summed E-state index contributed by atoms with van der Waals surface area (Å²) in [6.07, 6.45) is 0.845. The van der Waals surface area contributed by atoms with Gasteiger partial charge >= 0.3 is 0 Å². The Morgan fingerprint density at radius 2 is 2.17 bits per heavy atom. The predicted molar refractivity (Wildman–Crippen MR) is 70.4 cm³/mol. The maximum absolute atomic E-state index is 5.40. The maximum atomic E-state index is 5.40. The SMILES string of the molecule is CCOCCc1nnc2n1CCNC2C(C)(C)C. The van der Waals surface area contributed by atoms with E-state index < -0.39 is 0 Å². The molecule has 2 rings (SSSR count). The van der Waals surface area contributed by atoms with Crippen LogP contribution in [0.5, 0.6) is 0 Å². The van der Waals surface area contributed by atoms with E-state index in [1.165, 1.54) is 0 Å². The number of nitrogens with zero attached hydrogens (tertiary/aromatic N) is 3. The van der Waals surface area contributed by atoms with Crippen LogP contribution in [0.2, 0.25) is 0 Å². The van der Waals surface area contributed by atoms with Gasteiger partial charge in [-0.3, -0.25) is 0 Å². The minimum absolute atomic E-state index is 0.155. The average molecular weight is 252 g/mol. The molecule has 2 heterocycles. The van der Waals surface area contributed by atoms with Crippen LogP contribution in [0.1, 0.15) is 45.4 Å². The second kappa shape index (κ2) is 5.36. The van der Waals surface area contributed by atoms with Crippen LogP contribution in [0.4, 0.5) is 0 Å². The predicted octanol–water partition coefficient (Wildman–Crippen LogP) is 1.55. The highest BCUT2D eigenvalue weighted by Gasteiger charge is 2.33. The molecule has 102 valence electrons. The highest BCUT2D eigenvalue weighted by atomic mass is 16.5. The van der Waals surface area contributed by atoms with Crippen LogP contribution in [0, 0.1) is 5.41 Å². The van der Waals surface area contributed by atoms with Gasteiger partial charge in [0.05, 0.1) is 12.6 Å². The topological polar surface area (TPSA) is 52.0 Å². The van der Waals surface area contributed by atoms with Gasteiger partial charge in [-0.25, -0.2) is 0 Å². The molecule has 1 aromatic rings. The number of hydrogen-bond donors (Lipinski definition) is 1. The molecule has 18 heavy (non-hydrogen) atoms. The molecule has 1 unspecified atom stereocenters. The lowest BCUT2D eigenvalue weighted by molar-refractivity contribution is 0.148. The van der Waals surface area contributed by atoms with E-state index in [0.717, 1.165) is 44.4 Å². The van der Waals surface area contributed by atoms with Gasteiger partial charge in [-0.05, 0) is 12.3 Å². The monoisotopic (exact) mass is 252 g/mol. The molecule has 0 bridgehead atoms. The summed E-state index contributed by atoms with van der Waals surface area (Å²) in [5.41, 5.74) is 0.155. The van der Waals surface area contributed by atoms with Crippen molar-refractivity contribution in [3.8, 4) is 0 Å². The van der Waals surface area contributed by atoms with Crippen molar-refractivity contribution in [3.05, 3.63) is 11.6 Å². The second-order valence-corrected chi connectivity index (χ2v) is 5.83.